The van der Waals surface area contributed by atoms with Gasteiger partial charge in [0.15, 0.2) is 0 Å². The summed E-state index contributed by atoms with van der Waals surface area (Å²) in [7, 11) is 1.65. The fourth-order valence-corrected chi connectivity index (χ4v) is 3.84. The van der Waals surface area contributed by atoms with E-state index in [2.05, 4.69) is 5.32 Å². The summed E-state index contributed by atoms with van der Waals surface area (Å²) < 4.78 is 5.21. The molecule has 31 heavy (non-hydrogen) atoms. The predicted octanol–water partition coefficient (Wildman–Crippen LogP) is 5.50. The number of hydrogen-bond donors (Lipinski definition) is 1. The number of benzene rings is 3. The first-order valence-electron chi connectivity index (χ1n) is 10.4. The van der Waals surface area contributed by atoms with E-state index in [1.54, 1.807) is 7.11 Å². The molecule has 0 bridgehead atoms. The SMILES string of the molecule is COc1ccc(CCNC(=O)c2c(C)c(-c3ccccc3)nc3ccc(C)cc23)cc1. The summed E-state index contributed by atoms with van der Waals surface area (Å²) in [5, 5.41) is 4.00. The van der Waals surface area contributed by atoms with Crippen molar-refractivity contribution in [3.8, 4) is 17.0 Å². The number of amides is 1. The first kappa shape index (κ1) is 20.6. The second-order valence-corrected chi connectivity index (χ2v) is 7.70. The fourth-order valence-electron chi connectivity index (χ4n) is 3.84. The third kappa shape index (κ3) is 4.43. The van der Waals surface area contributed by atoms with Gasteiger partial charge < -0.3 is 10.1 Å². The van der Waals surface area contributed by atoms with Crippen LogP contribution in [0, 0.1) is 13.8 Å². The van der Waals surface area contributed by atoms with Gasteiger partial charge in [-0.05, 0) is 55.7 Å². The number of nitrogens with one attached hydrogen (secondary N) is 1. The van der Waals surface area contributed by atoms with Crippen molar-refractivity contribution in [2.75, 3.05) is 13.7 Å². The highest BCUT2D eigenvalue weighted by Crippen LogP contribution is 2.30. The molecule has 0 saturated heterocycles. The second kappa shape index (κ2) is 9.00. The molecule has 0 spiro atoms. The first-order valence-corrected chi connectivity index (χ1v) is 10.4. The van der Waals surface area contributed by atoms with Gasteiger partial charge in [0.1, 0.15) is 5.75 Å². The van der Waals surface area contributed by atoms with E-state index in [0.29, 0.717) is 12.1 Å². The van der Waals surface area contributed by atoms with Crippen LogP contribution in [0.2, 0.25) is 0 Å². The van der Waals surface area contributed by atoms with Gasteiger partial charge in [0.05, 0.1) is 23.9 Å². The Kier molecular flexibility index (Phi) is 5.99. The molecule has 4 heteroatoms. The van der Waals surface area contributed by atoms with Crippen LogP contribution < -0.4 is 10.1 Å². The lowest BCUT2D eigenvalue weighted by atomic mass is 9.96. The van der Waals surface area contributed by atoms with E-state index < -0.39 is 0 Å². The van der Waals surface area contributed by atoms with Crippen LogP contribution in [0.25, 0.3) is 22.2 Å². The molecule has 0 aliphatic carbocycles. The number of aryl methyl sites for hydroxylation is 1. The van der Waals surface area contributed by atoms with Crippen molar-refractivity contribution in [2.45, 2.75) is 20.3 Å². The topological polar surface area (TPSA) is 51.2 Å². The maximum absolute atomic E-state index is 13.3. The number of hydrogen-bond acceptors (Lipinski definition) is 3. The Morgan fingerprint density at radius 1 is 0.968 bits per heavy atom. The number of fused-ring (bicyclic) bond motifs is 1. The summed E-state index contributed by atoms with van der Waals surface area (Å²) in [5.41, 5.74) is 6.53. The third-order valence-corrected chi connectivity index (χ3v) is 5.52. The zero-order valence-electron chi connectivity index (χ0n) is 18.1. The van der Waals surface area contributed by atoms with Crippen molar-refractivity contribution in [3.63, 3.8) is 0 Å². The highest BCUT2D eigenvalue weighted by molar-refractivity contribution is 6.09. The van der Waals surface area contributed by atoms with Crippen LogP contribution in [0.4, 0.5) is 0 Å². The van der Waals surface area contributed by atoms with Crippen LogP contribution in [0.5, 0.6) is 5.75 Å². The van der Waals surface area contributed by atoms with Crippen molar-refractivity contribution in [2.24, 2.45) is 0 Å². The van der Waals surface area contributed by atoms with Crippen LogP contribution in [0.1, 0.15) is 27.0 Å². The molecule has 0 saturated carbocycles. The number of nitrogens with zero attached hydrogens (tertiary/aromatic N) is 1. The molecule has 1 amide bonds. The van der Waals surface area contributed by atoms with E-state index in [0.717, 1.165) is 51.0 Å². The van der Waals surface area contributed by atoms with Crippen molar-refractivity contribution >= 4 is 16.8 Å². The Labute approximate surface area is 182 Å². The quantitative estimate of drug-likeness (QED) is 0.457. The molecule has 0 fully saturated rings. The average Bonchev–Trinajstić information content (AvgIpc) is 2.79. The van der Waals surface area contributed by atoms with E-state index in [1.807, 2.05) is 86.6 Å². The number of carbonyl (C=O) groups excluding carboxylic acids is 1. The first-order chi connectivity index (χ1) is 15.1. The van der Waals surface area contributed by atoms with E-state index in [1.165, 1.54) is 0 Å². The van der Waals surface area contributed by atoms with Crippen molar-refractivity contribution in [1.29, 1.82) is 0 Å². The zero-order valence-corrected chi connectivity index (χ0v) is 18.1. The van der Waals surface area contributed by atoms with Gasteiger partial charge >= 0.3 is 0 Å². The van der Waals surface area contributed by atoms with Gasteiger partial charge in [-0.15, -0.1) is 0 Å². The molecule has 4 nitrogen and oxygen atoms in total. The molecule has 0 radical (unpaired) electrons. The van der Waals surface area contributed by atoms with E-state index in [9.17, 15) is 4.79 Å². The fraction of sp³-hybridized carbons (Fsp3) is 0.185. The number of rotatable bonds is 6. The number of pyridine rings is 1. The van der Waals surface area contributed by atoms with Gasteiger partial charge in [-0.25, -0.2) is 4.98 Å². The van der Waals surface area contributed by atoms with Crippen molar-refractivity contribution in [1.82, 2.24) is 10.3 Å². The summed E-state index contributed by atoms with van der Waals surface area (Å²) in [6.07, 6.45) is 0.752. The molecule has 1 N–H and O–H groups in total. The molecule has 1 heterocycles. The maximum atomic E-state index is 13.3. The van der Waals surface area contributed by atoms with Gasteiger partial charge in [0.25, 0.3) is 5.91 Å². The Morgan fingerprint density at radius 2 is 1.71 bits per heavy atom. The predicted molar refractivity (Wildman–Crippen MR) is 126 cm³/mol. The number of methoxy groups -OCH3 is 1. The molecule has 1 aromatic heterocycles. The maximum Gasteiger partial charge on any atom is 0.252 e. The second-order valence-electron chi connectivity index (χ2n) is 7.70. The lowest BCUT2D eigenvalue weighted by Crippen LogP contribution is -2.27. The van der Waals surface area contributed by atoms with Gasteiger partial charge in [-0.1, -0.05) is 54.1 Å². The van der Waals surface area contributed by atoms with Crippen molar-refractivity contribution in [3.05, 3.63) is 95.1 Å². The van der Waals surface area contributed by atoms with Gasteiger partial charge in [0.2, 0.25) is 0 Å². The van der Waals surface area contributed by atoms with E-state index in [-0.39, 0.29) is 5.91 Å². The normalized spacial score (nSPS) is 10.8. The lowest BCUT2D eigenvalue weighted by molar-refractivity contribution is 0.0955. The van der Waals surface area contributed by atoms with E-state index >= 15 is 0 Å². The molecule has 0 unspecified atom stereocenters. The van der Waals surface area contributed by atoms with Crippen LogP contribution in [0.3, 0.4) is 0 Å². The minimum atomic E-state index is -0.0683. The summed E-state index contributed by atoms with van der Waals surface area (Å²) in [4.78, 5) is 18.2. The Bertz CT molecular complexity index is 1220. The molecule has 0 atom stereocenters. The monoisotopic (exact) mass is 410 g/mol. The molecule has 4 aromatic rings. The number of aromatic nitrogens is 1. The van der Waals surface area contributed by atoms with Gasteiger partial charge in [0, 0.05) is 17.5 Å². The minimum Gasteiger partial charge on any atom is -0.497 e. The van der Waals surface area contributed by atoms with Gasteiger partial charge in [-0.3, -0.25) is 4.79 Å². The average molecular weight is 411 g/mol. The smallest absolute Gasteiger partial charge is 0.252 e. The van der Waals surface area contributed by atoms with Crippen LogP contribution in [-0.4, -0.2) is 24.5 Å². The Hall–Kier alpha value is -3.66. The van der Waals surface area contributed by atoms with Crippen molar-refractivity contribution < 1.29 is 9.53 Å². The molecular formula is C27H26N2O2. The highest BCUT2D eigenvalue weighted by Gasteiger charge is 2.19. The largest absolute Gasteiger partial charge is 0.497 e. The molecule has 0 aliphatic rings. The minimum absolute atomic E-state index is 0.0683. The van der Waals surface area contributed by atoms with Crippen LogP contribution >= 0.6 is 0 Å². The summed E-state index contributed by atoms with van der Waals surface area (Å²) >= 11 is 0. The molecule has 0 aliphatic heterocycles. The number of ether oxygens (including phenoxy) is 1. The summed E-state index contributed by atoms with van der Waals surface area (Å²) in [6.45, 7) is 4.57. The molecular weight excluding hydrogens is 384 g/mol. The van der Waals surface area contributed by atoms with Crippen LogP contribution in [0.15, 0.2) is 72.8 Å². The lowest BCUT2D eigenvalue weighted by Gasteiger charge is -2.15. The number of carbonyl (C=O) groups is 1. The Morgan fingerprint density at radius 3 is 2.42 bits per heavy atom. The molecule has 4 rings (SSSR count). The van der Waals surface area contributed by atoms with Crippen LogP contribution in [-0.2, 0) is 6.42 Å². The van der Waals surface area contributed by atoms with Gasteiger partial charge in [-0.2, -0.15) is 0 Å². The highest BCUT2D eigenvalue weighted by atomic mass is 16.5. The summed E-state index contributed by atoms with van der Waals surface area (Å²) in [5.74, 6) is 0.761. The zero-order chi connectivity index (χ0) is 21.8. The third-order valence-electron chi connectivity index (χ3n) is 5.52. The summed E-state index contributed by atoms with van der Waals surface area (Å²) in [6, 6.07) is 24.0. The Balaban J connectivity index is 1.65. The van der Waals surface area contributed by atoms with E-state index in [4.69, 9.17) is 9.72 Å². The molecule has 156 valence electrons. The standard InChI is InChI=1S/C27H26N2O2/c1-18-9-14-24-23(17-18)25(19(2)26(29-24)21-7-5-4-6-8-21)27(30)28-16-15-20-10-12-22(31-3)13-11-20/h4-14,17H,15-16H2,1-3H3,(H,28,30). The molecule has 3 aromatic carbocycles.